The van der Waals surface area contributed by atoms with Gasteiger partial charge >= 0.3 is 0 Å². The summed E-state index contributed by atoms with van der Waals surface area (Å²) >= 11 is 0. The molecule has 0 N–H and O–H groups in total. The molecule has 1 saturated heterocycles. The zero-order valence-corrected chi connectivity index (χ0v) is 8.66. The molecule has 14 heavy (non-hydrogen) atoms. The van der Waals surface area contributed by atoms with Crippen LogP contribution in [0.25, 0.3) is 0 Å². The fraction of sp³-hybridized carbons (Fsp3) is 0.667. The van der Waals surface area contributed by atoms with E-state index in [1.807, 2.05) is 0 Å². The third-order valence-corrected chi connectivity index (χ3v) is 4.15. The Bertz CT molecular complexity index is 352. The van der Waals surface area contributed by atoms with Crippen molar-refractivity contribution in [2.24, 2.45) is 10.9 Å². The van der Waals surface area contributed by atoms with Gasteiger partial charge < -0.3 is 0 Å². The van der Waals surface area contributed by atoms with Crippen molar-refractivity contribution >= 4 is 15.9 Å². The molecule has 1 unspecified atom stereocenters. The van der Waals surface area contributed by atoms with Crippen LogP contribution in [0.4, 0.5) is 0 Å². The minimum absolute atomic E-state index is 0.187. The molecular weight excluding hydrogens is 202 g/mol. The van der Waals surface area contributed by atoms with Gasteiger partial charge in [-0.2, -0.15) is 4.99 Å². The van der Waals surface area contributed by atoms with Crippen molar-refractivity contribution in [3.8, 4) is 0 Å². The van der Waals surface area contributed by atoms with Crippen molar-refractivity contribution < 1.29 is 13.2 Å². The van der Waals surface area contributed by atoms with Gasteiger partial charge in [0, 0.05) is 6.20 Å². The van der Waals surface area contributed by atoms with E-state index in [0.717, 1.165) is 12.8 Å². The highest BCUT2D eigenvalue weighted by Crippen LogP contribution is 2.21. The summed E-state index contributed by atoms with van der Waals surface area (Å²) in [7, 11) is -2.82. The maximum Gasteiger partial charge on any atom is 0.239 e. The lowest BCUT2D eigenvalue weighted by molar-refractivity contribution is 0.489. The van der Waals surface area contributed by atoms with Gasteiger partial charge in [0.1, 0.15) is 0 Å². The summed E-state index contributed by atoms with van der Waals surface area (Å²) in [5.74, 6) is 0.772. The van der Waals surface area contributed by atoms with Gasteiger partial charge in [-0.15, -0.1) is 0 Å². The maximum atomic E-state index is 11.2. The lowest BCUT2D eigenvalue weighted by Gasteiger charge is -2.20. The second kappa shape index (κ2) is 5.08. The molecule has 78 valence electrons. The van der Waals surface area contributed by atoms with E-state index in [2.05, 4.69) is 4.99 Å². The molecule has 0 amide bonds. The monoisotopic (exact) mass is 215 g/mol. The normalized spacial score (nSPS) is 25.9. The van der Waals surface area contributed by atoms with Gasteiger partial charge in [0.15, 0.2) is 9.84 Å². The third kappa shape index (κ3) is 3.85. The Hall–Kier alpha value is -0.930. The number of isocyanates is 1. The molecule has 0 radical (unpaired) electrons. The number of hydrogen-bond acceptors (Lipinski definition) is 4. The standard InChI is InChI=1S/C9H13NO3S/c11-8-10-5-1-3-9-4-2-6-14(12,13)7-9/h1,5,9H,2-4,6-7H2/b5-1-. The van der Waals surface area contributed by atoms with E-state index in [9.17, 15) is 13.2 Å². The second-order valence-electron chi connectivity index (χ2n) is 3.46. The van der Waals surface area contributed by atoms with Crippen molar-refractivity contribution in [1.82, 2.24) is 0 Å². The first-order valence-corrected chi connectivity index (χ1v) is 6.38. The van der Waals surface area contributed by atoms with Crippen LogP contribution in [0.2, 0.25) is 0 Å². The number of rotatable bonds is 3. The summed E-state index contributed by atoms with van der Waals surface area (Å²) < 4.78 is 22.5. The Morgan fingerprint density at radius 3 is 2.93 bits per heavy atom. The largest absolute Gasteiger partial charge is 0.239 e. The highest BCUT2D eigenvalue weighted by Gasteiger charge is 2.23. The van der Waals surface area contributed by atoms with Crippen molar-refractivity contribution in [2.45, 2.75) is 19.3 Å². The fourth-order valence-corrected chi connectivity index (χ4v) is 3.43. The first-order chi connectivity index (χ1) is 6.64. The highest BCUT2D eigenvalue weighted by atomic mass is 32.2. The van der Waals surface area contributed by atoms with Gasteiger partial charge in [-0.3, -0.25) is 0 Å². The number of aliphatic imine (C=N–C) groups is 1. The quantitative estimate of drug-likeness (QED) is 0.522. The number of hydrogen-bond donors (Lipinski definition) is 0. The molecule has 0 spiro atoms. The average Bonchev–Trinajstić information content (AvgIpc) is 2.11. The number of carbonyl (C=O) groups excluding carboxylic acids is 1. The van der Waals surface area contributed by atoms with E-state index in [0.29, 0.717) is 12.2 Å². The number of nitrogens with zero attached hydrogens (tertiary/aromatic N) is 1. The van der Waals surface area contributed by atoms with Crippen LogP contribution >= 0.6 is 0 Å². The Kier molecular flexibility index (Phi) is 4.04. The summed E-state index contributed by atoms with van der Waals surface area (Å²) in [5.41, 5.74) is 0. The maximum absolute atomic E-state index is 11.2. The zero-order valence-electron chi connectivity index (χ0n) is 7.85. The van der Waals surface area contributed by atoms with Crippen LogP contribution in [0.15, 0.2) is 17.3 Å². The van der Waals surface area contributed by atoms with E-state index in [1.165, 1.54) is 12.3 Å². The highest BCUT2D eigenvalue weighted by molar-refractivity contribution is 7.91. The third-order valence-electron chi connectivity index (χ3n) is 2.26. The van der Waals surface area contributed by atoms with E-state index >= 15 is 0 Å². The molecule has 1 heterocycles. The molecule has 1 aliphatic heterocycles. The summed E-state index contributed by atoms with van der Waals surface area (Å²) in [4.78, 5) is 13.0. The minimum Gasteiger partial charge on any atom is -0.229 e. The van der Waals surface area contributed by atoms with Crippen LogP contribution in [0.5, 0.6) is 0 Å². The van der Waals surface area contributed by atoms with Crippen molar-refractivity contribution in [2.75, 3.05) is 11.5 Å². The van der Waals surface area contributed by atoms with Crippen molar-refractivity contribution in [3.05, 3.63) is 12.3 Å². The molecule has 1 aliphatic rings. The minimum atomic E-state index is -2.82. The van der Waals surface area contributed by atoms with Gasteiger partial charge in [-0.05, 0) is 25.2 Å². The summed E-state index contributed by atoms with van der Waals surface area (Å²) in [6, 6.07) is 0. The van der Waals surface area contributed by atoms with Crippen LogP contribution in [-0.2, 0) is 14.6 Å². The molecule has 1 atom stereocenters. The predicted octanol–water partition coefficient (Wildman–Crippen LogP) is 1.05. The molecule has 0 saturated carbocycles. The van der Waals surface area contributed by atoms with Gasteiger partial charge in [-0.25, -0.2) is 13.2 Å². The molecule has 0 aliphatic carbocycles. The Morgan fingerprint density at radius 1 is 1.50 bits per heavy atom. The molecule has 0 aromatic heterocycles. The molecular formula is C9H13NO3S. The van der Waals surface area contributed by atoms with Crippen LogP contribution < -0.4 is 0 Å². The van der Waals surface area contributed by atoms with E-state index < -0.39 is 9.84 Å². The molecule has 0 aromatic rings. The first kappa shape index (κ1) is 11.1. The number of allylic oxidation sites excluding steroid dienone is 1. The SMILES string of the molecule is O=C=N/C=C\CC1CCCS(=O)(=O)C1. The summed E-state index contributed by atoms with van der Waals surface area (Å²) in [6.45, 7) is 0. The molecule has 0 bridgehead atoms. The van der Waals surface area contributed by atoms with Crippen molar-refractivity contribution in [3.63, 3.8) is 0 Å². The number of sulfone groups is 1. The van der Waals surface area contributed by atoms with Crippen LogP contribution in [-0.4, -0.2) is 26.0 Å². The Balaban J connectivity index is 2.42. The smallest absolute Gasteiger partial charge is 0.229 e. The van der Waals surface area contributed by atoms with Gasteiger partial charge in [-0.1, -0.05) is 6.08 Å². The van der Waals surface area contributed by atoms with E-state index in [1.54, 1.807) is 6.08 Å². The van der Waals surface area contributed by atoms with Crippen LogP contribution in [0.3, 0.4) is 0 Å². The molecule has 5 heteroatoms. The summed E-state index contributed by atoms with van der Waals surface area (Å²) in [6.07, 6.45) is 6.84. The lowest BCUT2D eigenvalue weighted by Crippen LogP contribution is -2.24. The fourth-order valence-electron chi connectivity index (χ4n) is 1.64. The van der Waals surface area contributed by atoms with E-state index in [4.69, 9.17) is 0 Å². The lowest BCUT2D eigenvalue weighted by atomic mass is 10.0. The van der Waals surface area contributed by atoms with Gasteiger partial charge in [0.05, 0.1) is 11.5 Å². The topological polar surface area (TPSA) is 63.6 Å². The van der Waals surface area contributed by atoms with E-state index in [-0.39, 0.29) is 11.7 Å². The predicted molar refractivity (Wildman–Crippen MR) is 53.3 cm³/mol. The Labute approximate surface area is 83.6 Å². The zero-order chi connectivity index (χ0) is 10.4. The van der Waals surface area contributed by atoms with Gasteiger partial charge in [0.25, 0.3) is 0 Å². The first-order valence-electron chi connectivity index (χ1n) is 4.56. The molecule has 0 aromatic carbocycles. The van der Waals surface area contributed by atoms with Crippen molar-refractivity contribution in [1.29, 1.82) is 0 Å². The van der Waals surface area contributed by atoms with Crippen LogP contribution in [0.1, 0.15) is 19.3 Å². The molecule has 4 nitrogen and oxygen atoms in total. The molecule has 1 fully saturated rings. The second-order valence-corrected chi connectivity index (χ2v) is 5.69. The average molecular weight is 215 g/mol. The van der Waals surface area contributed by atoms with Gasteiger partial charge in [0.2, 0.25) is 6.08 Å². The summed E-state index contributed by atoms with van der Waals surface area (Å²) in [5, 5.41) is 0. The Morgan fingerprint density at radius 2 is 2.29 bits per heavy atom. The van der Waals surface area contributed by atoms with Crippen LogP contribution in [0, 0.1) is 5.92 Å². The molecule has 1 rings (SSSR count).